The number of halogens is 6. The molecule has 1 fully saturated rings. The summed E-state index contributed by atoms with van der Waals surface area (Å²) >= 11 is 0. The van der Waals surface area contributed by atoms with Gasteiger partial charge in [0.25, 0.3) is 5.56 Å². The van der Waals surface area contributed by atoms with Gasteiger partial charge in [-0.2, -0.15) is 26.3 Å². The monoisotopic (exact) mass is 470 g/mol. The van der Waals surface area contributed by atoms with Crippen LogP contribution in [0.15, 0.2) is 35.3 Å². The SMILES string of the molecule is Nc1c(C(F)(F)F)ccn(Cc2ccc3c(c2)NC(=O)NC3(C#CC2CC2)C(F)(F)F)c1=O. The van der Waals surface area contributed by atoms with Crippen LogP contribution < -0.4 is 21.9 Å². The number of hydrogen-bond donors (Lipinski definition) is 3. The van der Waals surface area contributed by atoms with E-state index < -0.39 is 40.7 Å². The van der Waals surface area contributed by atoms with E-state index >= 15 is 0 Å². The van der Waals surface area contributed by atoms with Crippen LogP contribution in [0.3, 0.4) is 0 Å². The van der Waals surface area contributed by atoms with Crippen LogP contribution in [-0.2, 0) is 18.3 Å². The Labute approximate surface area is 182 Å². The first-order chi connectivity index (χ1) is 15.3. The second-order valence-corrected chi connectivity index (χ2v) is 7.82. The Kier molecular flexibility index (Phi) is 5.11. The number of urea groups is 1. The van der Waals surface area contributed by atoms with Crippen LogP contribution in [0.5, 0.6) is 0 Å². The Bertz CT molecular complexity index is 1250. The number of nitrogens with one attached hydrogen (secondary N) is 2. The fourth-order valence-electron chi connectivity index (χ4n) is 3.50. The summed E-state index contributed by atoms with van der Waals surface area (Å²) in [5.74, 6) is 4.60. The maximum absolute atomic E-state index is 14.1. The van der Waals surface area contributed by atoms with Gasteiger partial charge in [0.05, 0.1) is 12.1 Å². The van der Waals surface area contributed by atoms with Crippen LogP contribution in [0, 0.1) is 17.8 Å². The first-order valence-corrected chi connectivity index (χ1v) is 9.70. The molecule has 0 bridgehead atoms. The van der Waals surface area contributed by atoms with Gasteiger partial charge in [-0.3, -0.25) is 4.79 Å². The number of carbonyl (C=O) groups is 1. The zero-order valence-corrected chi connectivity index (χ0v) is 16.7. The third kappa shape index (κ3) is 4.10. The molecule has 1 aliphatic heterocycles. The molecule has 4 N–H and O–H groups in total. The number of hydrogen-bond acceptors (Lipinski definition) is 3. The van der Waals surface area contributed by atoms with Gasteiger partial charge >= 0.3 is 18.4 Å². The standard InChI is InChI=1S/C21H16F6N4O2/c22-20(23,24)14-6-8-31(17(32)16(14)28)10-12-3-4-13-15(9-12)29-18(33)30-19(13,21(25,26)27)7-5-11-1-2-11/h3-4,6,8-9,11H,1-2,10,28H2,(H2,29,30,33). The lowest BCUT2D eigenvalue weighted by molar-refractivity contribution is -0.178. The highest BCUT2D eigenvalue weighted by molar-refractivity contribution is 5.95. The maximum Gasteiger partial charge on any atom is 0.427 e. The Morgan fingerprint density at radius 1 is 1.12 bits per heavy atom. The topological polar surface area (TPSA) is 89.2 Å². The Morgan fingerprint density at radius 3 is 2.42 bits per heavy atom. The minimum Gasteiger partial charge on any atom is -0.394 e. The van der Waals surface area contributed by atoms with E-state index in [9.17, 15) is 35.9 Å². The van der Waals surface area contributed by atoms with Crippen molar-refractivity contribution in [3.8, 4) is 11.8 Å². The number of alkyl halides is 6. The number of fused-ring (bicyclic) bond motifs is 1. The van der Waals surface area contributed by atoms with Gasteiger partial charge in [0.15, 0.2) is 0 Å². The molecule has 4 rings (SSSR count). The van der Waals surface area contributed by atoms with E-state index in [1.165, 1.54) is 12.1 Å². The number of anilines is 2. The molecular formula is C21H16F6N4O2. The molecule has 1 aliphatic carbocycles. The number of carbonyl (C=O) groups excluding carboxylic acids is 1. The minimum atomic E-state index is -4.93. The molecule has 12 heteroatoms. The molecule has 1 aromatic carbocycles. The summed E-state index contributed by atoms with van der Waals surface area (Å²) in [7, 11) is 0. The van der Waals surface area contributed by atoms with E-state index in [0.717, 1.165) is 16.8 Å². The van der Waals surface area contributed by atoms with E-state index in [0.29, 0.717) is 18.9 Å². The number of benzene rings is 1. The summed E-state index contributed by atoms with van der Waals surface area (Å²) in [6.45, 7) is -0.287. The zero-order valence-electron chi connectivity index (χ0n) is 16.7. The molecule has 2 aromatic rings. The first-order valence-electron chi connectivity index (χ1n) is 9.70. The van der Waals surface area contributed by atoms with Crippen LogP contribution >= 0.6 is 0 Å². The van der Waals surface area contributed by atoms with Gasteiger partial charge in [0.2, 0.25) is 5.54 Å². The van der Waals surface area contributed by atoms with Gasteiger partial charge < -0.3 is 20.9 Å². The zero-order chi connectivity index (χ0) is 24.2. The highest BCUT2D eigenvalue weighted by Crippen LogP contribution is 2.44. The number of nitrogens with zero attached hydrogens (tertiary/aromatic N) is 1. The summed E-state index contributed by atoms with van der Waals surface area (Å²) in [4.78, 5) is 24.3. The quantitative estimate of drug-likeness (QED) is 0.461. The van der Waals surface area contributed by atoms with Crippen molar-refractivity contribution in [2.45, 2.75) is 37.3 Å². The molecule has 1 saturated carbocycles. The number of pyridine rings is 1. The number of rotatable bonds is 2. The lowest BCUT2D eigenvalue weighted by Crippen LogP contribution is -2.59. The van der Waals surface area contributed by atoms with Crippen molar-refractivity contribution in [3.05, 3.63) is 57.5 Å². The van der Waals surface area contributed by atoms with Crippen LogP contribution in [0.4, 0.5) is 42.5 Å². The smallest absolute Gasteiger partial charge is 0.394 e. The largest absolute Gasteiger partial charge is 0.427 e. The molecule has 0 saturated heterocycles. The Morgan fingerprint density at radius 2 is 1.82 bits per heavy atom. The molecule has 0 spiro atoms. The van der Waals surface area contributed by atoms with Crippen LogP contribution in [-0.4, -0.2) is 16.8 Å². The van der Waals surface area contributed by atoms with Crippen molar-refractivity contribution in [3.63, 3.8) is 0 Å². The molecule has 6 nitrogen and oxygen atoms in total. The van der Waals surface area contributed by atoms with Crippen LogP contribution in [0.2, 0.25) is 0 Å². The summed E-state index contributed by atoms with van der Waals surface area (Å²) in [6, 6.07) is 3.14. The Hall–Kier alpha value is -3.62. The van der Waals surface area contributed by atoms with Gasteiger partial charge in [-0.1, -0.05) is 24.0 Å². The van der Waals surface area contributed by atoms with Crippen molar-refractivity contribution in [1.82, 2.24) is 9.88 Å². The molecule has 2 amide bonds. The van der Waals surface area contributed by atoms with E-state index in [1.807, 2.05) is 5.32 Å². The van der Waals surface area contributed by atoms with Crippen LogP contribution in [0.1, 0.15) is 29.5 Å². The highest BCUT2D eigenvalue weighted by Gasteiger charge is 2.59. The fraction of sp³-hybridized carbons (Fsp3) is 0.333. The van der Waals surface area contributed by atoms with Crippen molar-refractivity contribution in [2.24, 2.45) is 5.92 Å². The molecule has 1 atom stereocenters. The van der Waals surface area contributed by atoms with E-state index in [1.54, 1.807) is 0 Å². The van der Waals surface area contributed by atoms with E-state index in [2.05, 4.69) is 17.2 Å². The normalized spacial score (nSPS) is 20.2. The Balaban J connectivity index is 1.74. The lowest BCUT2D eigenvalue weighted by Gasteiger charge is -2.37. The summed E-state index contributed by atoms with van der Waals surface area (Å²) in [6.07, 6.45) is -7.48. The maximum atomic E-state index is 14.1. The predicted octanol–water partition coefficient (Wildman–Crippen LogP) is 3.80. The van der Waals surface area contributed by atoms with E-state index in [-0.39, 0.29) is 29.3 Å². The molecule has 2 aliphatic rings. The number of amides is 2. The number of nitrogens with two attached hydrogens (primary N) is 1. The van der Waals surface area contributed by atoms with Gasteiger partial charge in [-0.15, -0.1) is 0 Å². The fourth-order valence-corrected chi connectivity index (χ4v) is 3.50. The van der Waals surface area contributed by atoms with Crippen molar-refractivity contribution in [2.75, 3.05) is 11.1 Å². The second-order valence-electron chi connectivity index (χ2n) is 7.82. The van der Waals surface area contributed by atoms with Crippen molar-refractivity contribution < 1.29 is 31.1 Å². The molecule has 174 valence electrons. The molecule has 1 unspecified atom stereocenters. The predicted molar refractivity (Wildman–Crippen MR) is 106 cm³/mol. The molecular weight excluding hydrogens is 454 g/mol. The van der Waals surface area contributed by atoms with Gasteiger partial charge in [0.1, 0.15) is 5.69 Å². The van der Waals surface area contributed by atoms with Crippen molar-refractivity contribution in [1.29, 1.82) is 0 Å². The third-order valence-corrected chi connectivity index (χ3v) is 5.36. The minimum absolute atomic E-state index is 0.157. The summed E-state index contributed by atoms with van der Waals surface area (Å²) in [5.41, 5.74) is -1.20. The number of nitrogen functional groups attached to an aromatic ring is 1. The highest BCUT2D eigenvalue weighted by atomic mass is 19.4. The summed E-state index contributed by atoms with van der Waals surface area (Å²) < 4.78 is 82.0. The third-order valence-electron chi connectivity index (χ3n) is 5.36. The van der Waals surface area contributed by atoms with Gasteiger partial charge in [-0.05, 0) is 30.5 Å². The van der Waals surface area contributed by atoms with E-state index in [4.69, 9.17) is 5.73 Å². The van der Waals surface area contributed by atoms with Crippen LogP contribution in [0.25, 0.3) is 0 Å². The lowest BCUT2D eigenvalue weighted by atomic mass is 9.85. The average molecular weight is 470 g/mol. The average Bonchev–Trinajstić information content (AvgIpc) is 3.52. The van der Waals surface area contributed by atoms with Crippen molar-refractivity contribution >= 4 is 17.4 Å². The number of aromatic nitrogens is 1. The first kappa shape index (κ1) is 22.6. The molecule has 2 heterocycles. The molecule has 33 heavy (non-hydrogen) atoms. The molecule has 0 radical (unpaired) electrons. The molecule has 1 aromatic heterocycles. The van der Waals surface area contributed by atoms with Gasteiger partial charge in [-0.25, -0.2) is 4.79 Å². The summed E-state index contributed by atoms with van der Waals surface area (Å²) in [5, 5.41) is 4.18. The second kappa shape index (κ2) is 7.47. The van der Waals surface area contributed by atoms with Gasteiger partial charge in [0, 0.05) is 23.4 Å².